The van der Waals surface area contributed by atoms with E-state index in [2.05, 4.69) is 9.88 Å². The number of benzene rings is 1. The van der Waals surface area contributed by atoms with Crippen molar-refractivity contribution in [2.75, 3.05) is 13.1 Å². The number of rotatable bonds is 3. The molecule has 0 radical (unpaired) electrons. The molecule has 2 saturated carbocycles. The SMILES string of the molecule is O=C1CC[C@@]2(O)[C@H]3Cc4ccc(OC(=O)n5ccnc5)c5c4[C@@]2(CCN3CC2CC2)[C@H]1O5. The van der Waals surface area contributed by atoms with Gasteiger partial charge in [-0.1, -0.05) is 6.07 Å². The summed E-state index contributed by atoms with van der Waals surface area (Å²) in [7, 11) is 0. The summed E-state index contributed by atoms with van der Waals surface area (Å²) in [5, 5.41) is 12.3. The normalized spacial score (nSPS) is 34.7. The zero-order valence-corrected chi connectivity index (χ0v) is 17.7. The van der Waals surface area contributed by atoms with Crippen LogP contribution in [0.4, 0.5) is 4.79 Å². The molecule has 7 rings (SSSR count). The van der Waals surface area contributed by atoms with Crippen molar-refractivity contribution in [3.63, 3.8) is 0 Å². The number of ether oxygens (including phenoxy) is 2. The van der Waals surface area contributed by atoms with E-state index in [0.717, 1.165) is 30.1 Å². The molecule has 0 unspecified atom stereocenters. The molecule has 1 saturated heterocycles. The largest absolute Gasteiger partial charge is 0.477 e. The number of piperidine rings is 1. The Balaban J connectivity index is 1.35. The van der Waals surface area contributed by atoms with Crippen molar-refractivity contribution in [3.8, 4) is 11.5 Å². The predicted molar refractivity (Wildman–Crippen MR) is 112 cm³/mol. The zero-order valence-electron chi connectivity index (χ0n) is 17.7. The van der Waals surface area contributed by atoms with Gasteiger partial charge < -0.3 is 14.6 Å². The van der Waals surface area contributed by atoms with Gasteiger partial charge in [-0.3, -0.25) is 9.69 Å². The number of nitrogens with zero attached hydrogens (tertiary/aromatic N) is 3. The summed E-state index contributed by atoms with van der Waals surface area (Å²) < 4.78 is 13.2. The van der Waals surface area contributed by atoms with E-state index in [1.54, 1.807) is 6.07 Å². The fourth-order valence-electron chi connectivity index (χ4n) is 6.85. The van der Waals surface area contributed by atoms with Crippen molar-refractivity contribution in [1.82, 2.24) is 14.5 Å². The highest BCUT2D eigenvalue weighted by Gasteiger charge is 2.73. The van der Waals surface area contributed by atoms with Gasteiger partial charge in [0.25, 0.3) is 0 Å². The third-order valence-electron chi connectivity index (χ3n) is 8.46. The number of carbonyl (C=O) groups is 2. The Morgan fingerprint density at radius 2 is 2.19 bits per heavy atom. The number of Topliss-reactive ketones (excluding diaryl/α,β-unsaturated/α-hetero) is 1. The number of carbonyl (C=O) groups excluding carboxylic acids is 2. The first-order valence-corrected chi connectivity index (χ1v) is 11.5. The lowest BCUT2D eigenvalue weighted by Crippen LogP contribution is -2.76. The molecule has 32 heavy (non-hydrogen) atoms. The van der Waals surface area contributed by atoms with Gasteiger partial charge in [-0.05, 0) is 56.2 Å². The highest BCUT2D eigenvalue weighted by Crippen LogP contribution is 2.65. The van der Waals surface area contributed by atoms with Crippen LogP contribution in [0.5, 0.6) is 11.5 Å². The van der Waals surface area contributed by atoms with Crippen molar-refractivity contribution < 1.29 is 24.2 Å². The second-order valence-corrected chi connectivity index (χ2v) is 10.0. The number of hydrogen-bond donors (Lipinski definition) is 1. The molecule has 1 aromatic heterocycles. The van der Waals surface area contributed by atoms with Crippen LogP contribution in [-0.2, 0) is 16.6 Å². The van der Waals surface area contributed by atoms with E-state index in [9.17, 15) is 14.7 Å². The van der Waals surface area contributed by atoms with Crippen molar-refractivity contribution in [1.29, 1.82) is 0 Å². The zero-order chi connectivity index (χ0) is 21.7. The Labute approximate surface area is 185 Å². The Bertz CT molecular complexity index is 1140. The number of hydrogen-bond acceptors (Lipinski definition) is 7. The molecule has 2 aromatic rings. The minimum Gasteiger partial charge on any atom is -0.477 e. The molecule has 1 aromatic carbocycles. The Kier molecular flexibility index (Phi) is 3.65. The molecule has 3 heterocycles. The van der Waals surface area contributed by atoms with Crippen LogP contribution in [0.25, 0.3) is 0 Å². The molecular formula is C24H25N3O5. The molecule has 5 aliphatic rings. The molecule has 0 amide bonds. The molecular weight excluding hydrogens is 410 g/mol. The molecule has 8 nitrogen and oxygen atoms in total. The molecule has 1 spiro atoms. The van der Waals surface area contributed by atoms with E-state index in [-0.39, 0.29) is 11.8 Å². The second kappa shape index (κ2) is 6.20. The van der Waals surface area contributed by atoms with E-state index < -0.39 is 23.2 Å². The summed E-state index contributed by atoms with van der Waals surface area (Å²) in [6, 6.07) is 3.72. The monoisotopic (exact) mass is 435 g/mol. The fraction of sp³-hybridized carbons (Fsp3) is 0.542. The van der Waals surface area contributed by atoms with E-state index in [0.29, 0.717) is 37.2 Å². The molecule has 1 N–H and O–H groups in total. The Hall–Kier alpha value is -2.71. The lowest BCUT2D eigenvalue weighted by atomic mass is 9.49. The van der Waals surface area contributed by atoms with Crippen LogP contribution < -0.4 is 9.47 Å². The first kappa shape index (κ1) is 18.8. The summed E-state index contributed by atoms with van der Waals surface area (Å²) in [6.07, 6.45) is 7.76. The van der Waals surface area contributed by atoms with Crippen molar-refractivity contribution in [2.45, 2.75) is 61.7 Å². The highest BCUT2D eigenvalue weighted by atomic mass is 16.6. The van der Waals surface area contributed by atoms with Gasteiger partial charge in [0, 0.05) is 37.0 Å². The minimum absolute atomic E-state index is 0.0196. The quantitative estimate of drug-likeness (QED) is 0.789. The van der Waals surface area contributed by atoms with Gasteiger partial charge in [0.2, 0.25) is 0 Å². The molecule has 8 heteroatoms. The van der Waals surface area contributed by atoms with Gasteiger partial charge in [0.1, 0.15) is 6.33 Å². The average molecular weight is 435 g/mol. The number of ketones is 1. The van der Waals surface area contributed by atoms with E-state index in [1.165, 1.54) is 36.1 Å². The predicted octanol–water partition coefficient (Wildman–Crippen LogP) is 2.06. The van der Waals surface area contributed by atoms with Crippen LogP contribution >= 0.6 is 0 Å². The van der Waals surface area contributed by atoms with Gasteiger partial charge in [-0.25, -0.2) is 14.3 Å². The smallest absolute Gasteiger partial charge is 0.424 e. The van der Waals surface area contributed by atoms with Crippen LogP contribution in [0.2, 0.25) is 0 Å². The van der Waals surface area contributed by atoms with Crippen LogP contribution in [-0.4, -0.2) is 62.3 Å². The molecule has 2 bridgehead atoms. The maximum Gasteiger partial charge on any atom is 0.424 e. The summed E-state index contributed by atoms with van der Waals surface area (Å²) in [5.41, 5.74) is 0.184. The second-order valence-electron chi connectivity index (χ2n) is 10.0. The van der Waals surface area contributed by atoms with Crippen molar-refractivity contribution in [2.24, 2.45) is 5.92 Å². The molecule has 166 valence electrons. The number of imidazole rings is 1. The van der Waals surface area contributed by atoms with Crippen molar-refractivity contribution in [3.05, 3.63) is 42.0 Å². The van der Waals surface area contributed by atoms with Gasteiger partial charge in [0.15, 0.2) is 23.4 Å². The van der Waals surface area contributed by atoms with Gasteiger partial charge >= 0.3 is 6.09 Å². The Morgan fingerprint density at radius 1 is 1.31 bits per heavy atom. The van der Waals surface area contributed by atoms with E-state index >= 15 is 0 Å². The van der Waals surface area contributed by atoms with Gasteiger partial charge in [-0.15, -0.1) is 0 Å². The third-order valence-corrected chi connectivity index (χ3v) is 8.46. The minimum atomic E-state index is -1.02. The Morgan fingerprint density at radius 3 is 2.97 bits per heavy atom. The molecule has 4 atom stereocenters. The maximum absolute atomic E-state index is 13.1. The molecule has 3 aliphatic carbocycles. The summed E-state index contributed by atoms with van der Waals surface area (Å²) >= 11 is 0. The van der Waals surface area contributed by atoms with E-state index in [1.807, 2.05) is 6.07 Å². The van der Waals surface area contributed by atoms with Crippen LogP contribution in [0, 0.1) is 5.92 Å². The van der Waals surface area contributed by atoms with Crippen LogP contribution in [0.1, 0.15) is 43.2 Å². The summed E-state index contributed by atoms with van der Waals surface area (Å²) in [6.45, 7) is 1.86. The topological polar surface area (TPSA) is 93.9 Å². The molecule has 3 fully saturated rings. The van der Waals surface area contributed by atoms with E-state index in [4.69, 9.17) is 9.47 Å². The van der Waals surface area contributed by atoms with Gasteiger partial charge in [-0.2, -0.15) is 0 Å². The third kappa shape index (κ3) is 2.26. The standard InChI is InChI=1S/C24H25N3O5/c28-16-5-6-24(30)18-11-15-3-4-17(31-22(29)27-10-8-25-13-27)20-19(15)23(24,21(16)32-20)7-9-26(18)12-14-1-2-14/h3-4,8,10,13-14,18,21,30H,1-2,5-7,9,11-12H2/t18-,21+,23+,24-/m1/s1. The maximum atomic E-state index is 13.1. The number of likely N-dealkylation sites (tertiary alicyclic amines) is 1. The summed E-state index contributed by atoms with van der Waals surface area (Å²) in [5.74, 6) is 1.50. The van der Waals surface area contributed by atoms with Crippen molar-refractivity contribution >= 4 is 11.9 Å². The first-order valence-electron chi connectivity index (χ1n) is 11.5. The van der Waals surface area contributed by atoms with Crippen LogP contribution in [0.15, 0.2) is 30.9 Å². The van der Waals surface area contributed by atoms with Crippen LogP contribution in [0.3, 0.4) is 0 Å². The summed E-state index contributed by atoms with van der Waals surface area (Å²) in [4.78, 5) is 32.0. The lowest BCUT2D eigenvalue weighted by Gasteiger charge is -2.62. The molecule has 2 aliphatic heterocycles. The average Bonchev–Trinajstić information content (AvgIpc) is 3.28. The first-order chi connectivity index (χ1) is 15.5. The number of aliphatic hydroxyl groups is 1. The number of aromatic nitrogens is 2. The lowest BCUT2D eigenvalue weighted by molar-refractivity contribution is -0.188. The van der Waals surface area contributed by atoms with Gasteiger partial charge in [0.05, 0.1) is 11.0 Å². The fourth-order valence-corrected chi connectivity index (χ4v) is 6.85. The highest BCUT2D eigenvalue weighted by molar-refractivity contribution is 5.90.